The maximum absolute atomic E-state index is 11.9. The van der Waals surface area contributed by atoms with Gasteiger partial charge in [-0.25, -0.2) is 4.79 Å². The van der Waals surface area contributed by atoms with Gasteiger partial charge < -0.3 is 15.8 Å². The summed E-state index contributed by atoms with van der Waals surface area (Å²) < 4.78 is 4.90. The van der Waals surface area contributed by atoms with Crippen LogP contribution >= 0.6 is 11.6 Å². The van der Waals surface area contributed by atoms with Crippen LogP contribution in [0.25, 0.3) is 0 Å². The maximum atomic E-state index is 11.9. The lowest BCUT2D eigenvalue weighted by molar-refractivity contribution is -0.119. The van der Waals surface area contributed by atoms with E-state index < -0.39 is 18.5 Å². The molecule has 0 aliphatic rings. The van der Waals surface area contributed by atoms with Gasteiger partial charge in [0.25, 0.3) is 5.91 Å². The van der Waals surface area contributed by atoms with Crippen molar-refractivity contribution in [2.75, 3.05) is 17.7 Å². The van der Waals surface area contributed by atoms with E-state index in [1.54, 1.807) is 24.3 Å². The summed E-state index contributed by atoms with van der Waals surface area (Å²) in [5.74, 6) is -1.22. The molecule has 0 aliphatic heterocycles. The van der Waals surface area contributed by atoms with Crippen molar-refractivity contribution in [3.05, 3.63) is 58.6 Å². The first-order chi connectivity index (χ1) is 11.0. The summed E-state index contributed by atoms with van der Waals surface area (Å²) in [6, 6.07) is 12.6. The van der Waals surface area contributed by atoms with E-state index >= 15 is 0 Å². The molecule has 0 fully saturated rings. The van der Waals surface area contributed by atoms with Crippen LogP contribution in [0, 0.1) is 11.3 Å². The van der Waals surface area contributed by atoms with E-state index in [1.165, 1.54) is 18.2 Å². The summed E-state index contributed by atoms with van der Waals surface area (Å²) >= 11 is 5.74. The number of carbonyl (C=O) groups is 2. The van der Waals surface area contributed by atoms with Crippen LogP contribution in [0.5, 0.6) is 0 Å². The zero-order valence-electron chi connectivity index (χ0n) is 11.9. The highest BCUT2D eigenvalue weighted by Crippen LogP contribution is 2.18. The first-order valence-corrected chi connectivity index (χ1v) is 6.89. The standard InChI is InChI=1S/C16H12ClN3O3/c17-11-3-6-13(14(19)7-11)16(22)23-9-15(21)20-12-4-1-10(8-18)2-5-12/h1-7H,9,19H2,(H,20,21). The maximum Gasteiger partial charge on any atom is 0.340 e. The van der Waals surface area contributed by atoms with Crippen LogP contribution in [-0.2, 0) is 9.53 Å². The van der Waals surface area contributed by atoms with Crippen molar-refractivity contribution in [2.45, 2.75) is 0 Å². The molecule has 0 atom stereocenters. The van der Waals surface area contributed by atoms with Crippen molar-refractivity contribution in [1.29, 1.82) is 5.26 Å². The van der Waals surface area contributed by atoms with Gasteiger partial charge in [-0.15, -0.1) is 0 Å². The Balaban J connectivity index is 1.90. The van der Waals surface area contributed by atoms with Crippen LogP contribution in [0.2, 0.25) is 5.02 Å². The van der Waals surface area contributed by atoms with Crippen LogP contribution in [-0.4, -0.2) is 18.5 Å². The van der Waals surface area contributed by atoms with E-state index in [-0.39, 0.29) is 11.3 Å². The molecule has 2 aromatic carbocycles. The van der Waals surface area contributed by atoms with Gasteiger partial charge in [-0.1, -0.05) is 11.6 Å². The van der Waals surface area contributed by atoms with Crippen molar-refractivity contribution in [3.8, 4) is 6.07 Å². The lowest BCUT2D eigenvalue weighted by Gasteiger charge is -2.08. The van der Waals surface area contributed by atoms with Crippen molar-refractivity contribution in [1.82, 2.24) is 0 Å². The van der Waals surface area contributed by atoms with Crippen molar-refractivity contribution < 1.29 is 14.3 Å². The lowest BCUT2D eigenvalue weighted by atomic mass is 10.2. The Morgan fingerprint density at radius 1 is 1.22 bits per heavy atom. The molecule has 2 aromatic rings. The average Bonchev–Trinajstić information content (AvgIpc) is 2.53. The molecule has 0 aromatic heterocycles. The number of benzene rings is 2. The van der Waals surface area contributed by atoms with Gasteiger partial charge in [0.1, 0.15) is 0 Å². The molecule has 0 saturated carbocycles. The molecule has 116 valence electrons. The largest absolute Gasteiger partial charge is 0.452 e. The molecule has 0 saturated heterocycles. The van der Waals surface area contributed by atoms with E-state index in [4.69, 9.17) is 27.3 Å². The Kier molecular flexibility index (Phi) is 5.18. The fourth-order valence-electron chi connectivity index (χ4n) is 1.75. The molecule has 2 rings (SSSR count). The van der Waals surface area contributed by atoms with Crippen LogP contribution in [0.1, 0.15) is 15.9 Å². The first-order valence-electron chi connectivity index (χ1n) is 6.52. The Labute approximate surface area is 137 Å². The predicted octanol–water partition coefficient (Wildman–Crippen LogP) is 2.59. The number of ether oxygens (including phenoxy) is 1. The lowest BCUT2D eigenvalue weighted by Crippen LogP contribution is -2.21. The molecule has 6 nitrogen and oxygen atoms in total. The SMILES string of the molecule is N#Cc1ccc(NC(=O)COC(=O)c2ccc(Cl)cc2N)cc1. The average molecular weight is 330 g/mol. The molecule has 0 spiro atoms. The number of nitrogens with two attached hydrogens (primary N) is 1. The van der Waals surface area contributed by atoms with Crippen molar-refractivity contribution in [2.24, 2.45) is 0 Å². The fourth-order valence-corrected chi connectivity index (χ4v) is 1.93. The van der Waals surface area contributed by atoms with Gasteiger partial charge in [-0.05, 0) is 42.5 Å². The summed E-state index contributed by atoms with van der Waals surface area (Å²) in [5, 5.41) is 11.6. The number of nitrogen functional groups attached to an aromatic ring is 1. The van der Waals surface area contributed by atoms with Gasteiger partial charge >= 0.3 is 5.97 Å². The quantitative estimate of drug-likeness (QED) is 0.662. The van der Waals surface area contributed by atoms with Crippen LogP contribution in [0.15, 0.2) is 42.5 Å². The minimum Gasteiger partial charge on any atom is -0.452 e. The summed E-state index contributed by atoms with van der Waals surface area (Å²) in [6.45, 7) is -0.457. The molecular formula is C16H12ClN3O3. The highest BCUT2D eigenvalue weighted by atomic mass is 35.5. The number of rotatable bonds is 4. The van der Waals surface area contributed by atoms with Gasteiger partial charge in [0.05, 0.1) is 17.2 Å². The number of nitriles is 1. The number of nitrogens with zero attached hydrogens (tertiary/aromatic N) is 1. The summed E-state index contributed by atoms with van der Waals surface area (Å²) in [6.07, 6.45) is 0. The van der Waals surface area contributed by atoms with E-state index in [1.807, 2.05) is 6.07 Å². The Morgan fingerprint density at radius 3 is 2.52 bits per heavy atom. The van der Waals surface area contributed by atoms with Gasteiger partial charge in [0, 0.05) is 16.4 Å². The Morgan fingerprint density at radius 2 is 1.91 bits per heavy atom. The molecule has 0 aliphatic carbocycles. The number of halogens is 1. The van der Waals surface area contributed by atoms with E-state index in [9.17, 15) is 9.59 Å². The molecule has 0 heterocycles. The highest BCUT2D eigenvalue weighted by Gasteiger charge is 2.13. The molecule has 1 amide bonds. The van der Waals surface area contributed by atoms with E-state index in [0.717, 1.165) is 0 Å². The fraction of sp³-hybridized carbons (Fsp3) is 0.0625. The second kappa shape index (κ2) is 7.29. The zero-order valence-corrected chi connectivity index (χ0v) is 12.6. The third kappa shape index (κ3) is 4.46. The summed E-state index contributed by atoms with van der Waals surface area (Å²) in [7, 11) is 0. The minimum atomic E-state index is -0.714. The van der Waals surface area contributed by atoms with E-state index in [0.29, 0.717) is 16.3 Å². The molecule has 0 radical (unpaired) electrons. The smallest absolute Gasteiger partial charge is 0.340 e. The predicted molar refractivity (Wildman–Crippen MR) is 85.9 cm³/mol. The summed E-state index contributed by atoms with van der Waals surface area (Å²) in [4.78, 5) is 23.6. The number of esters is 1. The molecule has 0 bridgehead atoms. The number of nitrogens with one attached hydrogen (secondary N) is 1. The third-order valence-corrected chi connectivity index (χ3v) is 3.10. The minimum absolute atomic E-state index is 0.139. The molecular weight excluding hydrogens is 318 g/mol. The monoisotopic (exact) mass is 329 g/mol. The summed E-state index contributed by atoms with van der Waals surface area (Å²) in [5.41, 5.74) is 6.96. The van der Waals surface area contributed by atoms with Crippen LogP contribution < -0.4 is 11.1 Å². The second-order valence-electron chi connectivity index (χ2n) is 4.55. The molecule has 3 N–H and O–H groups in total. The Hall–Kier alpha value is -3.04. The van der Waals surface area contributed by atoms with E-state index in [2.05, 4.69) is 5.32 Å². The normalized spacial score (nSPS) is 9.74. The molecule has 7 heteroatoms. The Bertz CT molecular complexity index is 782. The second-order valence-corrected chi connectivity index (χ2v) is 4.98. The van der Waals surface area contributed by atoms with Gasteiger partial charge in [0.15, 0.2) is 6.61 Å². The van der Waals surface area contributed by atoms with Gasteiger partial charge in [-0.3, -0.25) is 4.79 Å². The van der Waals surface area contributed by atoms with Crippen molar-refractivity contribution >= 4 is 34.9 Å². The zero-order chi connectivity index (χ0) is 16.8. The molecule has 23 heavy (non-hydrogen) atoms. The number of hydrogen-bond acceptors (Lipinski definition) is 5. The van der Waals surface area contributed by atoms with Crippen LogP contribution in [0.4, 0.5) is 11.4 Å². The number of amides is 1. The molecule has 0 unspecified atom stereocenters. The number of carbonyl (C=O) groups excluding carboxylic acids is 2. The van der Waals surface area contributed by atoms with Crippen molar-refractivity contribution in [3.63, 3.8) is 0 Å². The highest BCUT2D eigenvalue weighted by molar-refractivity contribution is 6.31. The first kappa shape index (κ1) is 16.3. The number of anilines is 2. The van der Waals surface area contributed by atoms with Gasteiger partial charge in [0.2, 0.25) is 0 Å². The van der Waals surface area contributed by atoms with Gasteiger partial charge in [-0.2, -0.15) is 5.26 Å². The topological polar surface area (TPSA) is 105 Å². The number of hydrogen-bond donors (Lipinski definition) is 2. The third-order valence-electron chi connectivity index (χ3n) is 2.87. The van der Waals surface area contributed by atoms with Crippen LogP contribution in [0.3, 0.4) is 0 Å².